The molecule has 114 valence electrons. The van der Waals surface area contributed by atoms with Crippen LogP contribution in [0.2, 0.25) is 0 Å². The molecule has 0 radical (unpaired) electrons. The predicted octanol–water partition coefficient (Wildman–Crippen LogP) is 2.55. The number of nitrogens with one attached hydrogen (secondary N) is 1. The summed E-state index contributed by atoms with van der Waals surface area (Å²) in [6.45, 7) is 2.51. The Balaban J connectivity index is 1.84. The van der Waals surface area contributed by atoms with Gasteiger partial charge in [0, 0.05) is 11.3 Å². The van der Waals surface area contributed by atoms with Gasteiger partial charge in [0.15, 0.2) is 6.04 Å². The van der Waals surface area contributed by atoms with Gasteiger partial charge in [0.05, 0.1) is 11.5 Å². The van der Waals surface area contributed by atoms with Crippen LogP contribution in [0.1, 0.15) is 31.7 Å². The zero-order valence-electron chi connectivity index (χ0n) is 12.0. The average molecular weight is 317 g/mol. The summed E-state index contributed by atoms with van der Waals surface area (Å²) in [5, 5.41) is 12.0. The number of carboxylic acids is 1. The van der Waals surface area contributed by atoms with Crippen LogP contribution < -0.4 is 10.1 Å². The smallest absolute Gasteiger partial charge is 0.330 e. The molecule has 6 heteroatoms. The third-order valence-electron chi connectivity index (χ3n) is 3.53. The number of rotatable bonds is 4. The molecule has 0 saturated heterocycles. The summed E-state index contributed by atoms with van der Waals surface area (Å²) in [5.74, 6) is -0.671. The first kappa shape index (κ1) is 14.6. The lowest BCUT2D eigenvalue weighted by atomic mass is 10.0. The van der Waals surface area contributed by atoms with Crippen LogP contribution in [0.4, 0.5) is 0 Å². The zero-order valence-corrected chi connectivity index (χ0v) is 12.8. The molecular weight excluding hydrogens is 302 g/mol. The van der Waals surface area contributed by atoms with Gasteiger partial charge in [-0.15, -0.1) is 11.3 Å². The molecule has 1 amide bonds. The molecule has 1 aromatic carbocycles. The third-order valence-corrected chi connectivity index (χ3v) is 4.53. The summed E-state index contributed by atoms with van der Waals surface area (Å²) in [6.07, 6.45) is 0.758. The van der Waals surface area contributed by atoms with Gasteiger partial charge in [-0.1, -0.05) is 6.07 Å². The number of aliphatic carboxylic acids is 1. The van der Waals surface area contributed by atoms with Crippen molar-refractivity contribution in [3.8, 4) is 5.75 Å². The molecule has 0 spiro atoms. The molecule has 3 rings (SSSR count). The Hall–Kier alpha value is -2.34. The Labute approximate surface area is 131 Å². The summed E-state index contributed by atoms with van der Waals surface area (Å²) in [5.41, 5.74) is 1.53. The Bertz CT molecular complexity index is 737. The van der Waals surface area contributed by atoms with Crippen molar-refractivity contribution in [1.29, 1.82) is 0 Å². The zero-order chi connectivity index (χ0) is 15.7. The maximum atomic E-state index is 12.2. The molecule has 1 aliphatic rings. The van der Waals surface area contributed by atoms with Crippen molar-refractivity contribution in [1.82, 2.24) is 5.32 Å². The summed E-state index contributed by atoms with van der Waals surface area (Å²) >= 11 is 1.34. The van der Waals surface area contributed by atoms with Gasteiger partial charge in [-0.3, -0.25) is 4.79 Å². The number of aryl methyl sites for hydroxylation is 1. The van der Waals surface area contributed by atoms with Crippen molar-refractivity contribution < 1.29 is 19.4 Å². The largest absolute Gasteiger partial charge is 0.493 e. The highest BCUT2D eigenvalue weighted by Gasteiger charge is 2.25. The summed E-state index contributed by atoms with van der Waals surface area (Å²) < 4.78 is 5.41. The number of carbonyl (C=O) groups excluding carboxylic acids is 1. The molecule has 2 N–H and O–H groups in total. The second-order valence-corrected chi connectivity index (χ2v) is 6.41. The van der Waals surface area contributed by atoms with Gasteiger partial charge < -0.3 is 15.2 Å². The van der Waals surface area contributed by atoms with Crippen LogP contribution >= 0.6 is 11.3 Å². The quantitative estimate of drug-likeness (QED) is 0.908. The monoisotopic (exact) mass is 317 g/mol. The van der Waals surface area contributed by atoms with E-state index in [0.29, 0.717) is 17.0 Å². The fourth-order valence-electron chi connectivity index (χ4n) is 2.43. The van der Waals surface area contributed by atoms with E-state index >= 15 is 0 Å². The number of hydrogen-bond acceptors (Lipinski definition) is 4. The van der Waals surface area contributed by atoms with Crippen LogP contribution in [0, 0.1) is 6.92 Å². The first-order valence-corrected chi connectivity index (χ1v) is 7.72. The van der Waals surface area contributed by atoms with Gasteiger partial charge in [0.1, 0.15) is 5.75 Å². The standard InChI is InChI=1S/C16H15NO4S/c1-9-2-5-13(22-9)15(18)17-14(16(19)20)11-3-4-12-10(8-11)6-7-21-12/h2-5,8,14H,6-7H2,1H3,(H,17,18)(H,19,20)/t14-/m0/s1. The number of amides is 1. The topological polar surface area (TPSA) is 75.6 Å². The Kier molecular flexibility index (Phi) is 3.85. The fourth-order valence-corrected chi connectivity index (χ4v) is 3.20. The Morgan fingerprint density at radius 1 is 1.32 bits per heavy atom. The molecule has 2 aromatic rings. The van der Waals surface area contributed by atoms with E-state index in [1.807, 2.05) is 13.0 Å². The van der Waals surface area contributed by atoms with Gasteiger partial charge in [-0.2, -0.15) is 0 Å². The van der Waals surface area contributed by atoms with Crippen molar-refractivity contribution >= 4 is 23.2 Å². The molecule has 0 unspecified atom stereocenters. The molecule has 22 heavy (non-hydrogen) atoms. The van der Waals surface area contributed by atoms with E-state index in [1.165, 1.54) is 11.3 Å². The lowest BCUT2D eigenvalue weighted by Crippen LogP contribution is -2.33. The van der Waals surface area contributed by atoms with Gasteiger partial charge in [0.25, 0.3) is 5.91 Å². The molecule has 1 aliphatic heterocycles. The lowest BCUT2D eigenvalue weighted by molar-refractivity contribution is -0.139. The molecule has 0 bridgehead atoms. The summed E-state index contributed by atoms with van der Waals surface area (Å²) in [6, 6.07) is 7.70. The lowest BCUT2D eigenvalue weighted by Gasteiger charge is -2.15. The molecule has 0 saturated carbocycles. The van der Waals surface area contributed by atoms with E-state index in [0.717, 1.165) is 22.6 Å². The minimum atomic E-state index is -1.08. The minimum Gasteiger partial charge on any atom is -0.493 e. The van der Waals surface area contributed by atoms with Crippen molar-refractivity contribution in [2.45, 2.75) is 19.4 Å². The maximum Gasteiger partial charge on any atom is 0.330 e. The Morgan fingerprint density at radius 3 is 2.82 bits per heavy atom. The second-order valence-electron chi connectivity index (χ2n) is 5.12. The predicted molar refractivity (Wildman–Crippen MR) is 82.5 cm³/mol. The molecule has 0 fully saturated rings. The SMILES string of the molecule is Cc1ccc(C(=O)N[C@H](C(=O)O)c2ccc3c(c2)CCO3)s1. The second kappa shape index (κ2) is 5.81. The van der Waals surface area contributed by atoms with Crippen LogP contribution in [0.3, 0.4) is 0 Å². The van der Waals surface area contributed by atoms with E-state index < -0.39 is 12.0 Å². The van der Waals surface area contributed by atoms with E-state index in [-0.39, 0.29) is 5.91 Å². The number of benzene rings is 1. The Morgan fingerprint density at radius 2 is 2.14 bits per heavy atom. The van der Waals surface area contributed by atoms with Crippen LogP contribution in [0.5, 0.6) is 5.75 Å². The summed E-state index contributed by atoms with van der Waals surface area (Å²) in [7, 11) is 0. The highest BCUT2D eigenvalue weighted by molar-refractivity contribution is 7.13. The van der Waals surface area contributed by atoms with E-state index in [4.69, 9.17) is 4.74 Å². The van der Waals surface area contributed by atoms with E-state index in [2.05, 4.69) is 5.32 Å². The first-order chi connectivity index (χ1) is 10.5. The number of ether oxygens (including phenoxy) is 1. The number of thiophene rings is 1. The summed E-state index contributed by atoms with van der Waals surface area (Å²) in [4.78, 5) is 25.2. The minimum absolute atomic E-state index is 0.373. The number of hydrogen-bond donors (Lipinski definition) is 2. The average Bonchev–Trinajstić information content (AvgIpc) is 3.11. The highest BCUT2D eigenvalue weighted by atomic mass is 32.1. The van der Waals surface area contributed by atoms with Crippen molar-refractivity contribution in [3.05, 3.63) is 51.2 Å². The van der Waals surface area contributed by atoms with Crippen molar-refractivity contribution in [2.24, 2.45) is 0 Å². The van der Waals surface area contributed by atoms with Gasteiger partial charge >= 0.3 is 5.97 Å². The van der Waals surface area contributed by atoms with Gasteiger partial charge in [0.2, 0.25) is 0 Å². The van der Waals surface area contributed by atoms with E-state index in [9.17, 15) is 14.7 Å². The molecule has 2 heterocycles. The van der Waals surface area contributed by atoms with Crippen LogP contribution in [0.15, 0.2) is 30.3 Å². The van der Waals surface area contributed by atoms with Gasteiger partial charge in [-0.05, 0) is 42.3 Å². The first-order valence-electron chi connectivity index (χ1n) is 6.90. The molecule has 0 aliphatic carbocycles. The number of fused-ring (bicyclic) bond motifs is 1. The van der Waals surface area contributed by atoms with Crippen LogP contribution in [-0.2, 0) is 11.2 Å². The molecule has 5 nitrogen and oxygen atoms in total. The number of carboxylic acid groups (broad SMARTS) is 1. The van der Waals surface area contributed by atoms with Crippen molar-refractivity contribution in [3.63, 3.8) is 0 Å². The molecule has 1 aromatic heterocycles. The van der Waals surface area contributed by atoms with Crippen LogP contribution in [-0.4, -0.2) is 23.6 Å². The van der Waals surface area contributed by atoms with E-state index in [1.54, 1.807) is 24.3 Å². The fraction of sp³-hybridized carbons (Fsp3) is 0.250. The highest BCUT2D eigenvalue weighted by Crippen LogP contribution is 2.28. The third kappa shape index (κ3) is 2.82. The molecular formula is C16H15NO4S. The molecule has 1 atom stereocenters. The number of carbonyl (C=O) groups is 2. The van der Waals surface area contributed by atoms with Gasteiger partial charge in [-0.25, -0.2) is 4.79 Å². The maximum absolute atomic E-state index is 12.2. The normalized spacial score (nSPS) is 14.0. The van der Waals surface area contributed by atoms with Crippen molar-refractivity contribution in [2.75, 3.05) is 6.61 Å². The van der Waals surface area contributed by atoms with Crippen LogP contribution in [0.25, 0.3) is 0 Å².